The molecule has 17 heavy (non-hydrogen) atoms. The average molecular weight is 276 g/mol. The molecule has 4 nitrogen and oxygen atoms in total. The maximum atomic E-state index is 11.8. The molecule has 0 aliphatic rings. The lowest BCUT2D eigenvalue weighted by Crippen LogP contribution is -2.31. The quantitative estimate of drug-likeness (QED) is 0.825. The Morgan fingerprint density at radius 1 is 1.35 bits per heavy atom. The molecule has 0 saturated heterocycles. The van der Waals surface area contributed by atoms with Crippen molar-refractivity contribution in [1.29, 1.82) is 0 Å². The number of nitrogens with zero attached hydrogens (tertiary/aromatic N) is 1. The monoisotopic (exact) mass is 275 g/mol. The Labute approximate surface area is 111 Å². The second kappa shape index (κ2) is 6.10. The van der Waals surface area contributed by atoms with Gasteiger partial charge in [-0.1, -0.05) is 23.2 Å². The first-order valence-electron chi connectivity index (χ1n) is 5.09. The molecule has 1 aromatic carbocycles. The van der Waals surface area contributed by atoms with Gasteiger partial charge in [-0.15, -0.1) is 0 Å². The second-order valence-corrected chi connectivity index (χ2v) is 4.73. The zero-order chi connectivity index (χ0) is 13.0. The van der Waals surface area contributed by atoms with Crippen LogP contribution in [0.15, 0.2) is 12.1 Å². The van der Waals surface area contributed by atoms with Crippen LogP contribution in [-0.2, 0) is 0 Å². The molecule has 0 heterocycles. The minimum Gasteiger partial charge on any atom is -0.398 e. The zero-order valence-electron chi connectivity index (χ0n) is 9.76. The van der Waals surface area contributed by atoms with Crippen molar-refractivity contribution in [2.24, 2.45) is 0 Å². The van der Waals surface area contributed by atoms with Crippen molar-refractivity contribution in [3.8, 4) is 0 Å². The molecule has 0 bridgehead atoms. The van der Waals surface area contributed by atoms with E-state index in [-0.39, 0.29) is 5.91 Å². The largest absolute Gasteiger partial charge is 0.398 e. The highest BCUT2D eigenvalue weighted by Crippen LogP contribution is 2.27. The Hall–Kier alpha value is -0.970. The normalized spacial score (nSPS) is 10.6. The Balaban J connectivity index is 2.72. The van der Waals surface area contributed by atoms with E-state index in [9.17, 15) is 4.79 Å². The van der Waals surface area contributed by atoms with E-state index in [4.69, 9.17) is 28.9 Å². The van der Waals surface area contributed by atoms with Crippen molar-refractivity contribution in [2.75, 3.05) is 32.9 Å². The molecule has 0 aromatic heterocycles. The molecule has 0 fully saturated rings. The van der Waals surface area contributed by atoms with E-state index in [1.165, 1.54) is 12.1 Å². The SMILES string of the molecule is CN(C)CCNC(=O)c1cc(Cl)c(Cl)cc1N. The fourth-order valence-electron chi connectivity index (χ4n) is 1.25. The highest BCUT2D eigenvalue weighted by molar-refractivity contribution is 6.42. The van der Waals surface area contributed by atoms with Crippen molar-refractivity contribution in [1.82, 2.24) is 10.2 Å². The van der Waals surface area contributed by atoms with Crippen LogP contribution in [-0.4, -0.2) is 38.0 Å². The first kappa shape index (κ1) is 14.1. The van der Waals surface area contributed by atoms with Gasteiger partial charge >= 0.3 is 0 Å². The van der Waals surface area contributed by atoms with E-state index >= 15 is 0 Å². The lowest BCUT2D eigenvalue weighted by molar-refractivity contribution is 0.0952. The van der Waals surface area contributed by atoms with Crippen molar-refractivity contribution >= 4 is 34.8 Å². The van der Waals surface area contributed by atoms with Gasteiger partial charge in [0.25, 0.3) is 5.91 Å². The molecule has 0 saturated carbocycles. The van der Waals surface area contributed by atoms with Gasteiger partial charge in [-0.2, -0.15) is 0 Å². The summed E-state index contributed by atoms with van der Waals surface area (Å²) >= 11 is 11.6. The number of carbonyl (C=O) groups excluding carboxylic acids is 1. The van der Waals surface area contributed by atoms with Crippen LogP contribution in [0.5, 0.6) is 0 Å². The van der Waals surface area contributed by atoms with Gasteiger partial charge in [0.05, 0.1) is 15.6 Å². The predicted octanol–water partition coefficient (Wildman–Crippen LogP) is 1.87. The molecule has 0 unspecified atom stereocenters. The number of rotatable bonds is 4. The third-order valence-corrected chi connectivity index (χ3v) is 2.90. The van der Waals surface area contributed by atoms with Crippen molar-refractivity contribution in [3.05, 3.63) is 27.7 Å². The van der Waals surface area contributed by atoms with Gasteiger partial charge < -0.3 is 16.0 Å². The molecule has 0 aliphatic carbocycles. The number of amides is 1. The van der Waals surface area contributed by atoms with E-state index in [1.54, 1.807) is 0 Å². The minimum atomic E-state index is -0.247. The first-order valence-corrected chi connectivity index (χ1v) is 5.85. The van der Waals surface area contributed by atoms with Gasteiger partial charge in [-0.05, 0) is 26.2 Å². The van der Waals surface area contributed by atoms with E-state index in [0.29, 0.717) is 27.8 Å². The molecule has 3 N–H and O–H groups in total. The number of nitrogens with one attached hydrogen (secondary N) is 1. The fraction of sp³-hybridized carbons (Fsp3) is 0.364. The minimum absolute atomic E-state index is 0.247. The van der Waals surface area contributed by atoms with Crippen LogP contribution in [0.2, 0.25) is 10.0 Å². The predicted molar refractivity (Wildman–Crippen MR) is 71.8 cm³/mol. The molecule has 94 valence electrons. The number of halogens is 2. The summed E-state index contributed by atoms with van der Waals surface area (Å²) in [6.45, 7) is 1.30. The molecule has 6 heteroatoms. The lowest BCUT2D eigenvalue weighted by atomic mass is 10.1. The summed E-state index contributed by atoms with van der Waals surface area (Å²) in [6.07, 6.45) is 0. The fourth-order valence-corrected chi connectivity index (χ4v) is 1.58. The number of hydrogen-bond donors (Lipinski definition) is 2. The van der Waals surface area contributed by atoms with Crippen LogP contribution in [0, 0.1) is 0 Å². The van der Waals surface area contributed by atoms with Gasteiger partial charge in [0, 0.05) is 18.8 Å². The maximum Gasteiger partial charge on any atom is 0.253 e. The average Bonchev–Trinajstić information content (AvgIpc) is 2.22. The summed E-state index contributed by atoms with van der Waals surface area (Å²) in [5.41, 5.74) is 6.37. The molecule has 0 atom stereocenters. The highest BCUT2D eigenvalue weighted by Gasteiger charge is 2.12. The zero-order valence-corrected chi connectivity index (χ0v) is 11.3. The Kier molecular flexibility index (Phi) is 5.05. The van der Waals surface area contributed by atoms with Crippen molar-refractivity contribution < 1.29 is 4.79 Å². The smallest absolute Gasteiger partial charge is 0.253 e. The maximum absolute atomic E-state index is 11.8. The molecule has 0 aliphatic heterocycles. The van der Waals surface area contributed by atoms with Gasteiger partial charge in [-0.25, -0.2) is 0 Å². The third-order valence-electron chi connectivity index (χ3n) is 2.18. The molecular weight excluding hydrogens is 261 g/mol. The first-order chi connectivity index (χ1) is 7.91. The number of nitrogens with two attached hydrogens (primary N) is 1. The molecule has 0 spiro atoms. The van der Waals surface area contributed by atoms with Crippen LogP contribution in [0.1, 0.15) is 10.4 Å². The van der Waals surface area contributed by atoms with Crippen LogP contribution in [0.25, 0.3) is 0 Å². The summed E-state index contributed by atoms with van der Waals surface area (Å²) in [6, 6.07) is 2.95. The van der Waals surface area contributed by atoms with Gasteiger partial charge in [0.1, 0.15) is 0 Å². The van der Waals surface area contributed by atoms with E-state index in [2.05, 4.69) is 5.32 Å². The van der Waals surface area contributed by atoms with E-state index < -0.39 is 0 Å². The summed E-state index contributed by atoms with van der Waals surface area (Å²) in [7, 11) is 3.86. The lowest BCUT2D eigenvalue weighted by Gasteiger charge is -2.11. The number of carbonyl (C=O) groups is 1. The summed E-state index contributed by atoms with van der Waals surface area (Å²) in [5, 5.41) is 3.42. The summed E-state index contributed by atoms with van der Waals surface area (Å²) in [4.78, 5) is 13.8. The van der Waals surface area contributed by atoms with Gasteiger partial charge in [0.2, 0.25) is 0 Å². The van der Waals surface area contributed by atoms with Crippen molar-refractivity contribution in [2.45, 2.75) is 0 Å². The molecule has 1 amide bonds. The standard InChI is InChI=1S/C11H15Cl2N3O/c1-16(2)4-3-15-11(17)7-5-8(12)9(13)6-10(7)14/h5-6H,3-4,14H2,1-2H3,(H,15,17). The number of nitrogen functional groups attached to an aromatic ring is 1. The molecular formula is C11H15Cl2N3O. The molecule has 0 radical (unpaired) electrons. The number of benzene rings is 1. The van der Waals surface area contributed by atoms with E-state index in [0.717, 1.165) is 6.54 Å². The van der Waals surface area contributed by atoms with E-state index in [1.807, 2.05) is 19.0 Å². The number of likely N-dealkylation sites (N-methyl/N-ethyl adjacent to an activating group) is 1. The Morgan fingerprint density at radius 3 is 2.53 bits per heavy atom. The molecule has 1 aromatic rings. The summed E-state index contributed by atoms with van der Waals surface area (Å²) in [5.74, 6) is -0.247. The van der Waals surface area contributed by atoms with Crippen LogP contribution in [0.3, 0.4) is 0 Å². The molecule has 1 rings (SSSR count). The summed E-state index contributed by atoms with van der Waals surface area (Å²) < 4.78 is 0. The van der Waals surface area contributed by atoms with Crippen molar-refractivity contribution in [3.63, 3.8) is 0 Å². The highest BCUT2D eigenvalue weighted by atomic mass is 35.5. The van der Waals surface area contributed by atoms with Gasteiger partial charge in [-0.3, -0.25) is 4.79 Å². The number of anilines is 1. The topological polar surface area (TPSA) is 58.4 Å². The van der Waals surface area contributed by atoms with Crippen LogP contribution in [0.4, 0.5) is 5.69 Å². The Morgan fingerprint density at radius 2 is 1.94 bits per heavy atom. The number of hydrogen-bond acceptors (Lipinski definition) is 3. The third kappa shape index (κ3) is 4.07. The Bertz CT molecular complexity index is 421. The van der Waals surface area contributed by atoms with Gasteiger partial charge in [0.15, 0.2) is 0 Å². The van der Waals surface area contributed by atoms with Crippen LogP contribution >= 0.6 is 23.2 Å². The van der Waals surface area contributed by atoms with Crippen LogP contribution < -0.4 is 11.1 Å². The second-order valence-electron chi connectivity index (χ2n) is 3.91.